The van der Waals surface area contributed by atoms with Crippen LogP contribution in [0.4, 0.5) is 0 Å². The van der Waals surface area contributed by atoms with Gasteiger partial charge in [-0.25, -0.2) is 0 Å². The average Bonchev–Trinajstić information content (AvgIpc) is 2.56. The molecule has 2 heterocycles. The number of halogens is 2. The molecule has 17 heavy (non-hydrogen) atoms. The van der Waals surface area contributed by atoms with E-state index < -0.39 is 4.84 Å². The van der Waals surface area contributed by atoms with Crippen LogP contribution in [-0.2, 0) is 4.79 Å². The highest BCUT2D eigenvalue weighted by molar-refractivity contribution is 6.53. The minimum atomic E-state index is -0.955. The van der Waals surface area contributed by atoms with E-state index in [9.17, 15) is 4.79 Å². The number of rotatable bonds is 1. The Balaban J connectivity index is 2.30. The summed E-state index contributed by atoms with van der Waals surface area (Å²) in [6, 6.07) is 0. The molecule has 0 aromatic carbocycles. The van der Waals surface area contributed by atoms with Gasteiger partial charge in [-0.3, -0.25) is 9.69 Å². The van der Waals surface area contributed by atoms with Crippen LogP contribution >= 0.6 is 23.2 Å². The van der Waals surface area contributed by atoms with Gasteiger partial charge in [0.15, 0.2) is 4.84 Å². The summed E-state index contributed by atoms with van der Waals surface area (Å²) < 4.78 is 0. The molecule has 1 atom stereocenters. The van der Waals surface area contributed by atoms with E-state index in [-0.39, 0.29) is 17.0 Å². The molecule has 5 heteroatoms. The van der Waals surface area contributed by atoms with Crippen LogP contribution in [0.25, 0.3) is 0 Å². The van der Waals surface area contributed by atoms with Crippen molar-refractivity contribution < 1.29 is 4.79 Å². The van der Waals surface area contributed by atoms with E-state index in [1.54, 1.807) is 0 Å². The lowest BCUT2D eigenvalue weighted by atomic mass is 9.86. The lowest BCUT2D eigenvalue weighted by molar-refractivity contribution is -0.156. The monoisotopic (exact) mass is 278 g/mol. The van der Waals surface area contributed by atoms with Crippen molar-refractivity contribution >= 4 is 29.1 Å². The molecule has 0 bridgehead atoms. The van der Waals surface area contributed by atoms with Gasteiger partial charge in [-0.1, -0.05) is 37.0 Å². The maximum atomic E-state index is 12.2. The summed E-state index contributed by atoms with van der Waals surface area (Å²) in [6.45, 7) is 9.31. The Kier molecular flexibility index (Phi) is 3.39. The largest absolute Gasteiger partial charge is 0.322 e. The van der Waals surface area contributed by atoms with Gasteiger partial charge in [-0.15, -0.1) is 0 Å². The lowest BCUT2D eigenvalue weighted by Crippen LogP contribution is -2.67. The molecule has 0 spiro atoms. The number of hydrogen-bond donors (Lipinski definition) is 0. The predicted molar refractivity (Wildman–Crippen MR) is 70.2 cm³/mol. The van der Waals surface area contributed by atoms with E-state index in [0.29, 0.717) is 0 Å². The zero-order valence-corrected chi connectivity index (χ0v) is 12.2. The van der Waals surface area contributed by atoms with E-state index >= 15 is 0 Å². The number of carbonyl (C=O) groups excluding carboxylic acids is 1. The Morgan fingerprint density at radius 3 is 2.47 bits per heavy atom. The molecule has 2 rings (SSSR count). The highest BCUT2D eigenvalue weighted by atomic mass is 35.5. The van der Waals surface area contributed by atoms with Crippen molar-refractivity contribution in [1.82, 2.24) is 9.80 Å². The quantitative estimate of drug-likeness (QED) is 0.688. The second-order valence-electron chi connectivity index (χ2n) is 6.13. The van der Waals surface area contributed by atoms with Gasteiger partial charge >= 0.3 is 0 Å². The summed E-state index contributed by atoms with van der Waals surface area (Å²) in [5.74, 6) is -0.157. The average molecular weight is 279 g/mol. The molecular weight excluding hydrogens is 259 g/mol. The van der Waals surface area contributed by atoms with Crippen LogP contribution in [0.2, 0.25) is 0 Å². The molecule has 2 aliphatic heterocycles. The first-order valence-corrected chi connectivity index (χ1v) is 6.98. The summed E-state index contributed by atoms with van der Waals surface area (Å²) in [5, 5.41) is 0. The Morgan fingerprint density at radius 1 is 1.24 bits per heavy atom. The first-order chi connectivity index (χ1) is 7.76. The molecule has 0 aromatic rings. The highest BCUT2D eigenvalue weighted by Gasteiger charge is 2.51. The molecule has 0 saturated carbocycles. The van der Waals surface area contributed by atoms with Crippen LogP contribution < -0.4 is 0 Å². The number of alkyl halides is 2. The third kappa shape index (κ3) is 2.29. The van der Waals surface area contributed by atoms with Gasteiger partial charge in [-0.2, -0.15) is 0 Å². The van der Waals surface area contributed by atoms with Crippen LogP contribution in [-0.4, -0.2) is 45.8 Å². The molecule has 98 valence electrons. The van der Waals surface area contributed by atoms with Gasteiger partial charge in [0.25, 0.3) is 5.91 Å². The zero-order chi connectivity index (χ0) is 12.8. The second kappa shape index (κ2) is 4.29. The van der Waals surface area contributed by atoms with Gasteiger partial charge in [0.2, 0.25) is 0 Å². The summed E-state index contributed by atoms with van der Waals surface area (Å²) >= 11 is 11.5. The summed E-state index contributed by atoms with van der Waals surface area (Å²) in [7, 11) is 0. The van der Waals surface area contributed by atoms with Gasteiger partial charge in [0.1, 0.15) is 0 Å². The van der Waals surface area contributed by atoms with Crippen molar-refractivity contribution in [2.24, 2.45) is 5.41 Å². The van der Waals surface area contributed by atoms with Crippen LogP contribution in [0.3, 0.4) is 0 Å². The molecule has 1 unspecified atom stereocenters. The van der Waals surface area contributed by atoms with Crippen LogP contribution in [0.5, 0.6) is 0 Å². The maximum absolute atomic E-state index is 12.2. The first kappa shape index (κ1) is 13.4. The fourth-order valence-corrected chi connectivity index (χ4v) is 3.39. The SMILES string of the molecule is CC1(C)CN2CCCC2(C)N(C(=O)C(Cl)Cl)C1. The van der Waals surface area contributed by atoms with Crippen LogP contribution in [0, 0.1) is 5.41 Å². The van der Waals surface area contributed by atoms with Crippen molar-refractivity contribution in [2.45, 2.75) is 44.1 Å². The van der Waals surface area contributed by atoms with Gasteiger partial charge < -0.3 is 4.90 Å². The second-order valence-corrected chi connectivity index (χ2v) is 7.23. The molecule has 0 aromatic heterocycles. The topological polar surface area (TPSA) is 23.6 Å². The number of fused-ring (bicyclic) bond motifs is 1. The molecule has 1 amide bonds. The van der Waals surface area contributed by atoms with Crippen molar-refractivity contribution in [3.63, 3.8) is 0 Å². The van der Waals surface area contributed by atoms with Crippen LogP contribution in [0.15, 0.2) is 0 Å². The van der Waals surface area contributed by atoms with E-state index in [4.69, 9.17) is 23.2 Å². The minimum Gasteiger partial charge on any atom is -0.322 e. The smallest absolute Gasteiger partial charge is 0.257 e. The van der Waals surface area contributed by atoms with E-state index in [0.717, 1.165) is 32.5 Å². The number of carbonyl (C=O) groups is 1. The van der Waals surface area contributed by atoms with Crippen molar-refractivity contribution in [1.29, 1.82) is 0 Å². The third-order valence-corrected chi connectivity index (χ3v) is 4.37. The Labute approximate surface area is 113 Å². The fraction of sp³-hybridized carbons (Fsp3) is 0.917. The predicted octanol–water partition coefficient (Wildman–Crippen LogP) is 2.47. The number of hydrogen-bond acceptors (Lipinski definition) is 2. The molecule has 3 nitrogen and oxygen atoms in total. The van der Waals surface area contributed by atoms with Gasteiger partial charge in [-0.05, 0) is 25.2 Å². The fourth-order valence-electron chi connectivity index (χ4n) is 3.16. The third-order valence-electron chi connectivity index (χ3n) is 4.00. The van der Waals surface area contributed by atoms with Gasteiger partial charge in [0, 0.05) is 19.6 Å². The van der Waals surface area contributed by atoms with Gasteiger partial charge in [0.05, 0.1) is 5.66 Å². The summed E-state index contributed by atoms with van der Waals surface area (Å²) in [5.41, 5.74) is -0.0865. The zero-order valence-electron chi connectivity index (χ0n) is 10.7. The number of amides is 1. The number of nitrogens with zero attached hydrogens (tertiary/aromatic N) is 2. The van der Waals surface area contributed by atoms with Crippen molar-refractivity contribution in [2.75, 3.05) is 19.6 Å². The molecule has 0 radical (unpaired) electrons. The van der Waals surface area contributed by atoms with Crippen molar-refractivity contribution in [3.05, 3.63) is 0 Å². The molecule has 2 aliphatic rings. The van der Waals surface area contributed by atoms with Crippen LogP contribution in [0.1, 0.15) is 33.6 Å². The first-order valence-electron chi connectivity index (χ1n) is 6.11. The van der Waals surface area contributed by atoms with Crippen molar-refractivity contribution in [3.8, 4) is 0 Å². The highest BCUT2D eigenvalue weighted by Crippen LogP contribution is 2.41. The molecule has 0 N–H and O–H groups in total. The van der Waals surface area contributed by atoms with E-state index in [2.05, 4.69) is 25.7 Å². The Hall–Kier alpha value is 0.01000. The van der Waals surface area contributed by atoms with E-state index in [1.165, 1.54) is 0 Å². The summed E-state index contributed by atoms with van der Waals surface area (Å²) in [4.78, 5) is 15.5. The normalized spacial score (nSPS) is 32.9. The minimum absolute atomic E-state index is 0.0994. The molecular formula is C12H20Cl2N2O. The molecule has 2 saturated heterocycles. The van der Waals surface area contributed by atoms with E-state index in [1.807, 2.05) is 4.90 Å². The summed E-state index contributed by atoms with van der Waals surface area (Å²) in [6.07, 6.45) is 2.14. The Bertz CT molecular complexity index is 332. The standard InChI is InChI=1S/C12H20Cl2N2O/c1-11(2)7-15-6-4-5-12(15,3)16(8-11)10(17)9(13)14/h9H,4-8H2,1-3H3. The molecule has 0 aliphatic carbocycles. The lowest BCUT2D eigenvalue weighted by Gasteiger charge is -2.54. The molecule has 2 fully saturated rings. The maximum Gasteiger partial charge on any atom is 0.257 e. The Morgan fingerprint density at radius 2 is 1.88 bits per heavy atom.